The van der Waals surface area contributed by atoms with Gasteiger partial charge in [0.2, 0.25) is 4.80 Å². The molecule has 0 spiro atoms. The summed E-state index contributed by atoms with van der Waals surface area (Å²) in [6.07, 6.45) is 1.71. The molecule has 0 aliphatic heterocycles. The molecule has 3 aromatic rings. The van der Waals surface area contributed by atoms with Crippen molar-refractivity contribution in [2.75, 3.05) is 0 Å². The van der Waals surface area contributed by atoms with Crippen LogP contribution in [0.4, 0.5) is 0 Å². The molecule has 0 atom stereocenters. The minimum atomic E-state index is -3.83. The van der Waals surface area contributed by atoms with E-state index in [0.29, 0.717) is 16.4 Å². The highest BCUT2D eigenvalue weighted by Gasteiger charge is 2.14. The number of aromatic nitrogens is 1. The zero-order valence-corrected chi connectivity index (χ0v) is 17.4. The molecule has 4 nitrogen and oxygen atoms in total. The van der Waals surface area contributed by atoms with Gasteiger partial charge in [-0.25, -0.2) is 0 Å². The maximum Gasteiger partial charge on any atom is 0.285 e. The lowest BCUT2D eigenvalue weighted by Gasteiger charge is -2.07. The molecule has 134 valence electrons. The summed E-state index contributed by atoms with van der Waals surface area (Å²) in [4.78, 5) is 0.489. The monoisotopic (exact) mass is 468 g/mol. The Morgan fingerprint density at radius 1 is 1.15 bits per heavy atom. The van der Waals surface area contributed by atoms with Crippen LogP contribution >= 0.6 is 38.9 Å². The number of rotatable bonds is 5. The first-order valence-corrected chi connectivity index (χ1v) is 11.0. The van der Waals surface area contributed by atoms with E-state index in [0.717, 1.165) is 15.7 Å². The zero-order chi connectivity index (χ0) is 18.7. The molecule has 3 rings (SSSR count). The van der Waals surface area contributed by atoms with Crippen molar-refractivity contribution in [2.24, 2.45) is 4.40 Å². The van der Waals surface area contributed by atoms with Gasteiger partial charge in [0, 0.05) is 21.4 Å². The second-order valence-corrected chi connectivity index (χ2v) is 9.12. The summed E-state index contributed by atoms with van der Waals surface area (Å²) >= 11 is 10.5. The van der Waals surface area contributed by atoms with Crippen LogP contribution in [-0.2, 0) is 16.6 Å². The van der Waals surface area contributed by atoms with Gasteiger partial charge in [0.25, 0.3) is 10.0 Å². The molecular weight excluding hydrogens is 456 g/mol. The van der Waals surface area contributed by atoms with E-state index in [4.69, 9.17) is 11.6 Å². The van der Waals surface area contributed by atoms with Crippen LogP contribution in [0.5, 0.6) is 0 Å². The molecule has 0 bridgehead atoms. The fraction of sp³-hybridized carbons (Fsp3) is 0.0556. The van der Waals surface area contributed by atoms with Crippen molar-refractivity contribution >= 4 is 48.9 Å². The van der Waals surface area contributed by atoms with E-state index >= 15 is 0 Å². The van der Waals surface area contributed by atoms with Crippen LogP contribution in [0.2, 0.25) is 5.02 Å². The molecule has 8 heteroatoms. The first-order valence-electron chi connectivity index (χ1n) is 7.52. The quantitative estimate of drug-likeness (QED) is 0.488. The topological polar surface area (TPSA) is 51.4 Å². The van der Waals surface area contributed by atoms with E-state index in [1.165, 1.54) is 35.6 Å². The normalized spacial score (nSPS) is 12.3. The first-order chi connectivity index (χ1) is 12.4. The predicted octanol–water partition coefficient (Wildman–Crippen LogP) is 5.11. The summed E-state index contributed by atoms with van der Waals surface area (Å²) in [6.45, 7) is 4.21. The third-order valence-corrected chi connectivity index (χ3v) is 6.60. The van der Waals surface area contributed by atoms with Crippen molar-refractivity contribution in [1.82, 2.24) is 4.57 Å². The SMILES string of the molecule is C=CCn1c(-c2ccc(Br)cc2)cs/c1=N/S(=O)(=O)c1ccc(Cl)cc1. The Bertz CT molecular complexity index is 1100. The summed E-state index contributed by atoms with van der Waals surface area (Å²) in [5, 5.41) is 2.36. The van der Waals surface area contributed by atoms with Gasteiger partial charge in [-0.2, -0.15) is 8.42 Å². The van der Waals surface area contributed by atoms with Crippen LogP contribution in [-0.4, -0.2) is 13.0 Å². The number of benzene rings is 2. The molecule has 0 fully saturated rings. The minimum Gasteiger partial charge on any atom is -0.312 e. The molecule has 0 N–H and O–H groups in total. The van der Waals surface area contributed by atoms with Gasteiger partial charge in [-0.05, 0) is 42.0 Å². The van der Waals surface area contributed by atoms with Crippen molar-refractivity contribution in [2.45, 2.75) is 11.4 Å². The fourth-order valence-electron chi connectivity index (χ4n) is 2.32. The van der Waals surface area contributed by atoms with Gasteiger partial charge in [-0.1, -0.05) is 45.7 Å². The maximum atomic E-state index is 12.6. The van der Waals surface area contributed by atoms with Crippen LogP contribution in [0.25, 0.3) is 11.3 Å². The van der Waals surface area contributed by atoms with E-state index < -0.39 is 10.0 Å². The van der Waals surface area contributed by atoms with Crippen molar-refractivity contribution in [3.8, 4) is 11.3 Å². The number of allylic oxidation sites excluding steroid dienone is 1. The highest BCUT2D eigenvalue weighted by atomic mass is 79.9. The summed E-state index contributed by atoms with van der Waals surface area (Å²) in [7, 11) is -3.83. The standard InChI is InChI=1S/C18H14BrClN2O2S2/c1-2-11-22-17(13-3-5-14(19)6-4-13)12-25-18(22)21-26(23,24)16-9-7-15(20)8-10-16/h2-10,12H,1,11H2/b21-18+. The average Bonchev–Trinajstić information content (AvgIpc) is 2.98. The molecule has 2 aromatic carbocycles. The largest absolute Gasteiger partial charge is 0.312 e. The minimum absolute atomic E-state index is 0.102. The first kappa shape index (κ1) is 19.1. The highest BCUT2D eigenvalue weighted by molar-refractivity contribution is 9.10. The molecule has 0 radical (unpaired) electrons. The van der Waals surface area contributed by atoms with Crippen LogP contribution in [0.3, 0.4) is 0 Å². The number of nitrogens with zero attached hydrogens (tertiary/aromatic N) is 2. The van der Waals surface area contributed by atoms with E-state index in [2.05, 4.69) is 26.9 Å². The summed E-state index contributed by atoms with van der Waals surface area (Å²) < 4.78 is 32.1. The van der Waals surface area contributed by atoms with Gasteiger partial charge >= 0.3 is 0 Å². The Balaban J connectivity index is 2.12. The number of halogens is 2. The average molecular weight is 470 g/mol. The molecular formula is C18H14BrClN2O2S2. The van der Waals surface area contributed by atoms with Crippen LogP contribution in [0.1, 0.15) is 0 Å². The Kier molecular flexibility index (Phi) is 5.82. The summed E-state index contributed by atoms with van der Waals surface area (Å²) in [6, 6.07) is 13.8. The van der Waals surface area contributed by atoms with E-state index in [9.17, 15) is 8.42 Å². The van der Waals surface area contributed by atoms with Crippen LogP contribution < -0.4 is 4.80 Å². The van der Waals surface area contributed by atoms with Gasteiger partial charge in [-0.15, -0.1) is 22.3 Å². The van der Waals surface area contributed by atoms with Gasteiger partial charge in [0.05, 0.1) is 10.6 Å². The molecule has 26 heavy (non-hydrogen) atoms. The number of hydrogen-bond donors (Lipinski definition) is 0. The van der Waals surface area contributed by atoms with Gasteiger partial charge < -0.3 is 4.57 Å². The van der Waals surface area contributed by atoms with Gasteiger partial charge in [0.15, 0.2) is 0 Å². The lowest BCUT2D eigenvalue weighted by molar-refractivity contribution is 0.595. The summed E-state index contributed by atoms with van der Waals surface area (Å²) in [5.74, 6) is 0. The number of sulfonamides is 1. The Labute approximate surface area is 169 Å². The Hall–Kier alpha value is -1.67. The molecule has 0 aliphatic carbocycles. The van der Waals surface area contributed by atoms with E-state index in [-0.39, 0.29) is 4.90 Å². The van der Waals surface area contributed by atoms with Gasteiger partial charge in [-0.3, -0.25) is 0 Å². The molecule has 0 saturated heterocycles. The second kappa shape index (κ2) is 7.92. The van der Waals surface area contributed by atoms with Crippen LogP contribution in [0, 0.1) is 0 Å². The fourth-order valence-corrected chi connectivity index (χ4v) is 4.85. The Morgan fingerprint density at radius 2 is 1.81 bits per heavy atom. The summed E-state index contributed by atoms with van der Waals surface area (Å²) in [5.41, 5.74) is 1.85. The van der Waals surface area contributed by atoms with Crippen molar-refractivity contribution in [1.29, 1.82) is 0 Å². The Morgan fingerprint density at radius 3 is 2.42 bits per heavy atom. The third-order valence-electron chi connectivity index (χ3n) is 3.56. The third kappa shape index (κ3) is 4.17. The smallest absolute Gasteiger partial charge is 0.285 e. The number of hydrogen-bond acceptors (Lipinski definition) is 3. The maximum absolute atomic E-state index is 12.6. The lowest BCUT2D eigenvalue weighted by atomic mass is 10.2. The molecule has 1 aromatic heterocycles. The van der Waals surface area contributed by atoms with Gasteiger partial charge in [0.1, 0.15) is 0 Å². The molecule has 0 saturated carbocycles. The molecule has 0 aliphatic rings. The van der Waals surface area contributed by atoms with Crippen molar-refractivity contribution < 1.29 is 8.42 Å². The zero-order valence-electron chi connectivity index (χ0n) is 13.5. The molecule has 0 unspecified atom stereocenters. The van der Waals surface area contributed by atoms with E-state index in [1.54, 1.807) is 6.08 Å². The van der Waals surface area contributed by atoms with Crippen molar-refractivity contribution in [3.63, 3.8) is 0 Å². The van der Waals surface area contributed by atoms with Crippen LogP contribution in [0.15, 0.2) is 80.3 Å². The lowest BCUT2D eigenvalue weighted by Crippen LogP contribution is -2.17. The molecule has 1 heterocycles. The highest BCUT2D eigenvalue weighted by Crippen LogP contribution is 2.23. The second-order valence-electron chi connectivity index (χ2n) is 5.33. The number of thiazole rings is 1. The van der Waals surface area contributed by atoms with E-state index in [1.807, 2.05) is 34.2 Å². The predicted molar refractivity (Wildman–Crippen MR) is 110 cm³/mol. The molecule has 0 amide bonds. The van der Waals surface area contributed by atoms with Crippen molar-refractivity contribution in [3.05, 3.63) is 80.9 Å².